The van der Waals surface area contributed by atoms with Gasteiger partial charge in [0, 0.05) is 33.6 Å². The summed E-state index contributed by atoms with van der Waals surface area (Å²) in [5.41, 5.74) is 3.27. The standard InChI is InChI=1S/C20H16BrN3O3S/c1-26-16-7-11(8-17(27-2)18(16)21)19(25)24-20-23-15(10-28-20)13-9-22-14-6-4-3-5-12(13)14/h3-10,22H,1-2H3,(H,23,24,25). The van der Waals surface area contributed by atoms with Crippen LogP contribution in [-0.2, 0) is 0 Å². The van der Waals surface area contributed by atoms with E-state index < -0.39 is 0 Å². The van der Waals surface area contributed by atoms with Crippen LogP contribution in [0.4, 0.5) is 5.13 Å². The van der Waals surface area contributed by atoms with Crippen LogP contribution in [0.1, 0.15) is 10.4 Å². The number of nitrogens with zero attached hydrogens (tertiary/aromatic N) is 1. The highest BCUT2D eigenvalue weighted by Gasteiger charge is 2.16. The van der Waals surface area contributed by atoms with E-state index in [0.717, 1.165) is 22.2 Å². The zero-order valence-corrected chi connectivity index (χ0v) is 17.5. The zero-order valence-electron chi connectivity index (χ0n) is 15.1. The minimum absolute atomic E-state index is 0.288. The van der Waals surface area contributed by atoms with Gasteiger partial charge in [-0.3, -0.25) is 10.1 Å². The Labute approximate surface area is 173 Å². The van der Waals surface area contributed by atoms with E-state index in [1.54, 1.807) is 12.1 Å². The summed E-state index contributed by atoms with van der Waals surface area (Å²) in [6.45, 7) is 0. The number of rotatable bonds is 5. The lowest BCUT2D eigenvalue weighted by Crippen LogP contribution is -2.12. The van der Waals surface area contributed by atoms with Gasteiger partial charge in [0.05, 0.1) is 19.9 Å². The molecule has 2 heterocycles. The van der Waals surface area contributed by atoms with Crippen molar-refractivity contribution in [3.05, 3.63) is 58.0 Å². The smallest absolute Gasteiger partial charge is 0.257 e. The molecule has 0 aliphatic carbocycles. The molecule has 0 saturated heterocycles. The first kappa shape index (κ1) is 18.5. The first-order valence-electron chi connectivity index (χ1n) is 8.35. The van der Waals surface area contributed by atoms with Gasteiger partial charge < -0.3 is 14.5 Å². The molecule has 0 saturated carbocycles. The number of aromatic amines is 1. The van der Waals surface area contributed by atoms with E-state index in [-0.39, 0.29) is 5.91 Å². The summed E-state index contributed by atoms with van der Waals surface area (Å²) in [5.74, 6) is 0.746. The van der Waals surface area contributed by atoms with E-state index in [1.165, 1.54) is 25.6 Å². The van der Waals surface area contributed by atoms with E-state index in [0.29, 0.717) is 26.7 Å². The summed E-state index contributed by atoms with van der Waals surface area (Å²) < 4.78 is 11.3. The van der Waals surface area contributed by atoms with Crippen molar-refractivity contribution in [2.75, 3.05) is 19.5 Å². The number of hydrogen-bond donors (Lipinski definition) is 2. The number of aromatic nitrogens is 2. The van der Waals surface area contributed by atoms with Crippen LogP contribution in [0.3, 0.4) is 0 Å². The van der Waals surface area contributed by atoms with E-state index in [9.17, 15) is 4.79 Å². The number of ether oxygens (including phenoxy) is 2. The van der Waals surface area contributed by atoms with E-state index in [2.05, 4.69) is 31.2 Å². The Hall–Kier alpha value is -2.84. The summed E-state index contributed by atoms with van der Waals surface area (Å²) in [7, 11) is 3.07. The number of hydrogen-bond acceptors (Lipinski definition) is 5. The van der Waals surface area contributed by atoms with Gasteiger partial charge in [-0.2, -0.15) is 0 Å². The fourth-order valence-corrected chi connectivity index (χ4v) is 4.17. The molecule has 0 aliphatic rings. The Morgan fingerprint density at radius 2 is 1.89 bits per heavy atom. The van der Waals surface area contributed by atoms with Crippen LogP contribution >= 0.6 is 27.3 Å². The number of H-pyrrole nitrogens is 1. The summed E-state index contributed by atoms with van der Waals surface area (Å²) in [5, 5.41) is 6.38. The molecular weight excluding hydrogens is 442 g/mol. The molecule has 1 amide bonds. The molecule has 0 atom stereocenters. The summed E-state index contributed by atoms with van der Waals surface area (Å²) >= 11 is 4.78. The summed E-state index contributed by atoms with van der Waals surface area (Å²) in [6, 6.07) is 11.3. The van der Waals surface area contributed by atoms with E-state index >= 15 is 0 Å². The maximum absolute atomic E-state index is 12.7. The van der Waals surface area contributed by atoms with Crippen molar-refractivity contribution in [3.63, 3.8) is 0 Å². The molecule has 8 heteroatoms. The molecule has 2 aromatic heterocycles. The highest BCUT2D eigenvalue weighted by Crippen LogP contribution is 2.36. The van der Waals surface area contributed by atoms with Gasteiger partial charge in [0.25, 0.3) is 5.91 Å². The van der Waals surface area contributed by atoms with Crippen molar-refractivity contribution in [1.82, 2.24) is 9.97 Å². The number of nitrogens with one attached hydrogen (secondary N) is 2. The van der Waals surface area contributed by atoms with Crippen molar-refractivity contribution in [1.29, 1.82) is 0 Å². The van der Waals surface area contributed by atoms with Gasteiger partial charge in [0.1, 0.15) is 16.0 Å². The average molecular weight is 458 g/mol. The monoisotopic (exact) mass is 457 g/mol. The minimum atomic E-state index is -0.288. The summed E-state index contributed by atoms with van der Waals surface area (Å²) in [6.07, 6.45) is 1.93. The fraction of sp³-hybridized carbons (Fsp3) is 0.100. The summed E-state index contributed by atoms with van der Waals surface area (Å²) in [4.78, 5) is 20.5. The van der Waals surface area contributed by atoms with Crippen LogP contribution < -0.4 is 14.8 Å². The number of amides is 1. The molecule has 0 aliphatic heterocycles. The van der Waals surface area contributed by atoms with Crippen molar-refractivity contribution in [3.8, 4) is 22.8 Å². The Morgan fingerprint density at radius 1 is 1.18 bits per heavy atom. The second-order valence-electron chi connectivity index (χ2n) is 5.93. The molecular formula is C20H16BrN3O3S. The molecule has 0 unspecified atom stereocenters. The number of carbonyl (C=O) groups is 1. The van der Waals surface area contributed by atoms with Crippen molar-refractivity contribution in [2.24, 2.45) is 0 Å². The van der Waals surface area contributed by atoms with Gasteiger partial charge in [0.2, 0.25) is 0 Å². The van der Waals surface area contributed by atoms with Gasteiger partial charge in [0.15, 0.2) is 5.13 Å². The number of anilines is 1. The lowest BCUT2D eigenvalue weighted by atomic mass is 10.1. The highest BCUT2D eigenvalue weighted by molar-refractivity contribution is 9.10. The quantitative estimate of drug-likeness (QED) is 0.424. The van der Waals surface area contributed by atoms with Crippen LogP contribution in [0.2, 0.25) is 0 Å². The van der Waals surface area contributed by atoms with Crippen LogP contribution in [-0.4, -0.2) is 30.1 Å². The van der Waals surface area contributed by atoms with E-state index in [1.807, 2.05) is 35.8 Å². The largest absolute Gasteiger partial charge is 0.495 e. The number of para-hydroxylation sites is 1. The first-order chi connectivity index (χ1) is 13.6. The molecule has 6 nitrogen and oxygen atoms in total. The number of benzene rings is 2. The molecule has 0 radical (unpaired) electrons. The van der Waals surface area contributed by atoms with Crippen molar-refractivity contribution in [2.45, 2.75) is 0 Å². The van der Waals surface area contributed by atoms with E-state index in [4.69, 9.17) is 9.47 Å². The Kier molecular flexibility index (Phi) is 5.06. The minimum Gasteiger partial charge on any atom is -0.495 e. The normalized spacial score (nSPS) is 10.8. The molecule has 2 aromatic carbocycles. The predicted molar refractivity (Wildman–Crippen MR) is 115 cm³/mol. The van der Waals surface area contributed by atoms with Crippen molar-refractivity contribution < 1.29 is 14.3 Å². The van der Waals surface area contributed by atoms with Crippen LogP contribution in [0.15, 0.2) is 52.4 Å². The molecule has 28 heavy (non-hydrogen) atoms. The molecule has 0 bridgehead atoms. The lowest BCUT2D eigenvalue weighted by Gasteiger charge is -2.11. The average Bonchev–Trinajstić information content (AvgIpc) is 3.34. The fourth-order valence-electron chi connectivity index (χ4n) is 2.91. The first-order valence-corrected chi connectivity index (χ1v) is 10.0. The van der Waals surface area contributed by atoms with Crippen LogP contribution in [0.25, 0.3) is 22.2 Å². The maximum Gasteiger partial charge on any atom is 0.257 e. The molecule has 0 fully saturated rings. The second-order valence-corrected chi connectivity index (χ2v) is 7.59. The Bertz CT molecular complexity index is 1140. The zero-order chi connectivity index (χ0) is 19.7. The predicted octanol–water partition coefficient (Wildman–Crippen LogP) is 5.32. The third-order valence-electron chi connectivity index (χ3n) is 4.30. The Balaban J connectivity index is 1.60. The van der Waals surface area contributed by atoms with Gasteiger partial charge in [-0.1, -0.05) is 18.2 Å². The molecule has 4 aromatic rings. The van der Waals surface area contributed by atoms with Gasteiger partial charge in [-0.05, 0) is 34.1 Å². The number of methoxy groups -OCH3 is 2. The maximum atomic E-state index is 12.7. The molecule has 0 spiro atoms. The lowest BCUT2D eigenvalue weighted by molar-refractivity contribution is 0.102. The number of fused-ring (bicyclic) bond motifs is 1. The highest BCUT2D eigenvalue weighted by atomic mass is 79.9. The number of thiazole rings is 1. The van der Waals surface area contributed by atoms with Crippen LogP contribution in [0.5, 0.6) is 11.5 Å². The second kappa shape index (κ2) is 7.65. The van der Waals surface area contributed by atoms with Gasteiger partial charge in [-0.15, -0.1) is 11.3 Å². The third-order valence-corrected chi connectivity index (χ3v) is 5.84. The molecule has 2 N–H and O–H groups in total. The number of halogens is 1. The topological polar surface area (TPSA) is 76.2 Å². The van der Waals surface area contributed by atoms with Crippen molar-refractivity contribution >= 4 is 49.2 Å². The molecule has 142 valence electrons. The SMILES string of the molecule is COc1cc(C(=O)Nc2nc(-c3c[nH]c4ccccc34)cs2)cc(OC)c1Br. The number of carbonyl (C=O) groups excluding carboxylic acids is 1. The van der Waals surface area contributed by atoms with Gasteiger partial charge in [-0.25, -0.2) is 4.98 Å². The Morgan fingerprint density at radius 3 is 2.61 bits per heavy atom. The molecule has 4 rings (SSSR count). The van der Waals surface area contributed by atoms with Crippen LogP contribution in [0, 0.1) is 0 Å². The third kappa shape index (κ3) is 3.36. The van der Waals surface area contributed by atoms with Gasteiger partial charge >= 0.3 is 0 Å².